The summed E-state index contributed by atoms with van der Waals surface area (Å²) in [6.07, 6.45) is 4.15. The van der Waals surface area contributed by atoms with Crippen molar-refractivity contribution in [2.75, 3.05) is 17.6 Å². The number of nitrogens with zero attached hydrogens (tertiary/aromatic N) is 3. The molecule has 0 saturated heterocycles. The van der Waals surface area contributed by atoms with Gasteiger partial charge in [-0.1, -0.05) is 29.8 Å². The van der Waals surface area contributed by atoms with Gasteiger partial charge in [0.25, 0.3) is 0 Å². The molecule has 0 bridgehead atoms. The van der Waals surface area contributed by atoms with Gasteiger partial charge in [-0.3, -0.25) is 10.1 Å². The highest BCUT2D eigenvalue weighted by Crippen LogP contribution is 2.26. The van der Waals surface area contributed by atoms with E-state index >= 15 is 0 Å². The Kier molecular flexibility index (Phi) is 5.77. The Morgan fingerprint density at radius 1 is 1.24 bits per heavy atom. The van der Waals surface area contributed by atoms with Gasteiger partial charge < -0.3 is 20.7 Å². The molecular weight excluding hydrogens is 374 g/mol. The van der Waals surface area contributed by atoms with Crippen LogP contribution < -0.4 is 11.1 Å². The Balaban J connectivity index is 1.63. The molecule has 0 fully saturated rings. The van der Waals surface area contributed by atoms with Gasteiger partial charge in [-0.2, -0.15) is 0 Å². The zero-order valence-corrected chi connectivity index (χ0v) is 15.8. The van der Waals surface area contributed by atoms with E-state index in [1.807, 2.05) is 42.0 Å². The smallest absolute Gasteiger partial charge is 0.337 e. The molecule has 2 aromatic heterocycles. The van der Waals surface area contributed by atoms with E-state index in [0.29, 0.717) is 30.9 Å². The minimum Gasteiger partial charge on any atom is -0.478 e. The number of aromatic nitrogens is 2. The lowest BCUT2D eigenvalue weighted by Gasteiger charge is -2.07. The van der Waals surface area contributed by atoms with Gasteiger partial charge in [-0.05, 0) is 25.0 Å². The van der Waals surface area contributed by atoms with Crippen molar-refractivity contribution < 1.29 is 14.8 Å². The highest BCUT2D eigenvalue weighted by atomic mass is 16.6. The van der Waals surface area contributed by atoms with E-state index in [9.17, 15) is 20.0 Å². The minimum absolute atomic E-state index is 0.140. The maximum Gasteiger partial charge on any atom is 0.337 e. The zero-order valence-electron chi connectivity index (χ0n) is 15.8. The van der Waals surface area contributed by atoms with Gasteiger partial charge in [0.1, 0.15) is 5.82 Å². The SMILES string of the molecule is Cc1ccc(-c2cn(CCCNc3ccc([N+](=O)[O-])c(N)n3)cc2C(=O)O)cc1. The molecule has 29 heavy (non-hydrogen) atoms. The van der Waals surface area contributed by atoms with Gasteiger partial charge in [0.15, 0.2) is 0 Å². The molecule has 1 aromatic carbocycles. The van der Waals surface area contributed by atoms with E-state index in [1.165, 1.54) is 12.1 Å². The fourth-order valence-corrected chi connectivity index (χ4v) is 2.97. The second-order valence-electron chi connectivity index (χ2n) is 6.63. The summed E-state index contributed by atoms with van der Waals surface area (Å²) in [7, 11) is 0. The van der Waals surface area contributed by atoms with Crippen LogP contribution in [0.15, 0.2) is 48.8 Å². The summed E-state index contributed by atoms with van der Waals surface area (Å²) in [6, 6.07) is 10.5. The van der Waals surface area contributed by atoms with Crippen molar-refractivity contribution in [1.82, 2.24) is 9.55 Å². The molecule has 0 aliphatic heterocycles. The number of benzene rings is 1. The van der Waals surface area contributed by atoms with E-state index in [4.69, 9.17) is 5.73 Å². The number of carboxylic acid groups (broad SMARTS) is 1. The van der Waals surface area contributed by atoms with Crippen LogP contribution in [-0.4, -0.2) is 32.1 Å². The van der Waals surface area contributed by atoms with Crippen molar-refractivity contribution in [2.45, 2.75) is 19.9 Å². The van der Waals surface area contributed by atoms with Gasteiger partial charge >= 0.3 is 11.7 Å². The third-order valence-corrected chi connectivity index (χ3v) is 4.47. The predicted octanol–water partition coefficient (Wildman–Crippen LogP) is 3.55. The lowest BCUT2D eigenvalue weighted by Crippen LogP contribution is -2.08. The fourth-order valence-electron chi connectivity index (χ4n) is 2.97. The van der Waals surface area contributed by atoms with Crippen LogP contribution in [-0.2, 0) is 6.54 Å². The number of aromatic carboxylic acids is 1. The largest absolute Gasteiger partial charge is 0.478 e. The van der Waals surface area contributed by atoms with Crippen LogP contribution in [0.3, 0.4) is 0 Å². The minimum atomic E-state index is -0.969. The summed E-state index contributed by atoms with van der Waals surface area (Å²) in [6.45, 7) is 3.12. The van der Waals surface area contributed by atoms with Crippen LogP contribution in [0.25, 0.3) is 11.1 Å². The highest BCUT2D eigenvalue weighted by Gasteiger charge is 2.15. The molecule has 9 nitrogen and oxygen atoms in total. The normalized spacial score (nSPS) is 10.7. The van der Waals surface area contributed by atoms with Gasteiger partial charge in [0, 0.05) is 37.1 Å². The number of hydrogen-bond acceptors (Lipinski definition) is 6. The molecule has 3 aromatic rings. The first-order valence-corrected chi connectivity index (χ1v) is 9.00. The Morgan fingerprint density at radius 2 is 1.97 bits per heavy atom. The molecule has 9 heteroatoms. The summed E-state index contributed by atoms with van der Waals surface area (Å²) >= 11 is 0. The van der Waals surface area contributed by atoms with Crippen molar-refractivity contribution >= 4 is 23.3 Å². The standard InChI is InChI=1S/C20H21N5O4/c1-13-3-5-14(6-4-13)15-11-24(12-16(15)20(26)27)10-2-9-22-18-8-7-17(25(28)29)19(21)23-18/h3-8,11-12H,2,9-10H2,1H3,(H,26,27)(H3,21,22,23). The quantitative estimate of drug-likeness (QED) is 0.301. The first kappa shape index (κ1) is 19.9. The molecular formula is C20H21N5O4. The monoisotopic (exact) mass is 395 g/mol. The van der Waals surface area contributed by atoms with Gasteiger partial charge in [-0.15, -0.1) is 0 Å². The molecule has 4 N–H and O–H groups in total. The van der Waals surface area contributed by atoms with E-state index < -0.39 is 10.9 Å². The van der Waals surface area contributed by atoms with Crippen LogP contribution >= 0.6 is 0 Å². The van der Waals surface area contributed by atoms with Crippen LogP contribution in [0.2, 0.25) is 0 Å². The van der Waals surface area contributed by atoms with Crippen LogP contribution in [0, 0.1) is 17.0 Å². The molecule has 0 aliphatic rings. The van der Waals surface area contributed by atoms with Gasteiger partial charge in [0.2, 0.25) is 5.82 Å². The second kappa shape index (κ2) is 8.42. The Hall–Kier alpha value is -3.88. The third kappa shape index (κ3) is 4.70. The molecule has 0 aliphatic carbocycles. The molecule has 2 heterocycles. The molecule has 0 atom stereocenters. The third-order valence-electron chi connectivity index (χ3n) is 4.47. The lowest BCUT2D eigenvalue weighted by atomic mass is 10.0. The number of carbonyl (C=O) groups is 1. The number of nitrogen functional groups attached to an aromatic ring is 1. The zero-order chi connectivity index (χ0) is 21.0. The number of pyridine rings is 1. The van der Waals surface area contributed by atoms with Crippen molar-refractivity contribution in [2.24, 2.45) is 0 Å². The first-order chi connectivity index (χ1) is 13.8. The van der Waals surface area contributed by atoms with E-state index in [0.717, 1.165) is 11.1 Å². The molecule has 0 radical (unpaired) electrons. The molecule has 3 rings (SSSR count). The average molecular weight is 395 g/mol. The van der Waals surface area contributed by atoms with Crippen LogP contribution in [0.5, 0.6) is 0 Å². The Bertz CT molecular complexity index is 1040. The molecule has 0 spiro atoms. The highest BCUT2D eigenvalue weighted by molar-refractivity contribution is 5.96. The average Bonchev–Trinajstić information content (AvgIpc) is 3.10. The van der Waals surface area contributed by atoms with Crippen LogP contribution in [0.1, 0.15) is 22.3 Å². The summed E-state index contributed by atoms with van der Waals surface area (Å²) in [4.78, 5) is 25.8. The maximum atomic E-state index is 11.6. The van der Waals surface area contributed by atoms with Crippen LogP contribution in [0.4, 0.5) is 17.3 Å². The number of aryl methyl sites for hydroxylation is 2. The van der Waals surface area contributed by atoms with Crippen molar-refractivity contribution in [3.63, 3.8) is 0 Å². The van der Waals surface area contributed by atoms with E-state index in [2.05, 4.69) is 10.3 Å². The molecule has 0 amide bonds. The molecule has 150 valence electrons. The summed E-state index contributed by atoms with van der Waals surface area (Å²) < 4.78 is 1.85. The molecule has 0 saturated carbocycles. The summed E-state index contributed by atoms with van der Waals surface area (Å²) in [5.41, 5.74) is 8.25. The van der Waals surface area contributed by atoms with E-state index in [-0.39, 0.29) is 17.1 Å². The van der Waals surface area contributed by atoms with E-state index in [1.54, 1.807) is 6.20 Å². The lowest BCUT2D eigenvalue weighted by molar-refractivity contribution is -0.384. The number of rotatable bonds is 8. The number of nitrogens with one attached hydrogen (secondary N) is 1. The maximum absolute atomic E-state index is 11.6. The van der Waals surface area contributed by atoms with Crippen molar-refractivity contribution in [3.8, 4) is 11.1 Å². The Labute approximate surface area is 167 Å². The first-order valence-electron chi connectivity index (χ1n) is 9.00. The second-order valence-corrected chi connectivity index (χ2v) is 6.63. The number of carboxylic acids is 1. The van der Waals surface area contributed by atoms with Gasteiger partial charge in [-0.25, -0.2) is 9.78 Å². The number of hydrogen-bond donors (Lipinski definition) is 3. The predicted molar refractivity (Wildman–Crippen MR) is 110 cm³/mol. The molecule has 0 unspecified atom stereocenters. The summed E-state index contributed by atoms with van der Waals surface area (Å²) in [5.74, 6) is -0.658. The fraction of sp³-hybridized carbons (Fsp3) is 0.200. The van der Waals surface area contributed by atoms with Gasteiger partial charge in [0.05, 0.1) is 10.5 Å². The van der Waals surface area contributed by atoms with Crippen molar-refractivity contribution in [3.05, 3.63) is 70.0 Å². The Morgan fingerprint density at radius 3 is 2.59 bits per heavy atom. The number of anilines is 2. The number of nitrogens with two attached hydrogens (primary N) is 1. The topological polar surface area (TPSA) is 136 Å². The van der Waals surface area contributed by atoms with Crippen molar-refractivity contribution in [1.29, 1.82) is 0 Å². The number of nitro groups is 1. The summed E-state index contributed by atoms with van der Waals surface area (Å²) in [5, 5.41) is 23.3.